The van der Waals surface area contributed by atoms with Crippen molar-refractivity contribution in [3.05, 3.63) is 18.1 Å². The molecule has 21 heavy (non-hydrogen) atoms. The van der Waals surface area contributed by atoms with E-state index in [0.717, 1.165) is 31.2 Å². The van der Waals surface area contributed by atoms with E-state index in [2.05, 4.69) is 32.9 Å². The number of aryl methyl sites for hydroxylation is 1. The second-order valence-electron chi connectivity index (χ2n) is 6.32. The predicted octanol–water partition coefficient (Wildman–Crippen LogP) is 1.86. The third-order valence-corrected chi connectivity index (χ3v) is 4.68. The number of hydrogen-bond acceptors (Lipinski definition) is 5. The Balaban J connectivity index is 1.53. The van der Waals surface area contributed by atoms with Crippen molar-refractivity contribution < 1.29 is 4.74 Å². The number of ether oxygens (including phenoxy) is 1. The quantitative estimate of drug-likeness (QED) is 0.847. The summed E-state index contributed by atoms with van der Waals surface area (Å²) in [6.45, 7) is 6.33. The van der Waals surface area contributed by atoms with Gasteiger partial charge < -0.3 is 9.64 Å². The van der Waals surface area contributed by atoms with Gasteiger partial charge in [0.2, 0.25) is 0 Å². The van der Waals surface area contributed by atoms with Gasteiger partial charge in [0, 0.05) is 51.1 Å². The molecule has 2 aliphatic heterocycles. The summed E-state index contributed by atoms with van der Waals surface area (Å²) in [6.07, 6.45) is 7.08. The van der Waals surface area contributed by atoms with Gasteiger partial charge in [0.25, 0.3) is 0 Å². The third-order valence-electron chi connectivity index (χ3n) is 4.68. The highest BCUT2D eigenvalue weighted by molar-refractivity contribution is 5.39. The Kier molecular flexibility index (Phi) is 4.70. The lowest BCUT2D eigenvalue weighted by atomic mass is 10.1. The van der Waals surface area contributed by atoms with Crippen molar-refractivity contribution in [1.82, 2.24) is 14.9 Å². The molecule has 5 heteroatoms. The van der Waals surface area contributed by atoms with Crippen LogP contribution in [0.5, 0.6) is 0 Å². The predicted molar refractivity (Wildman–Crippen MR) is 83.6 cm³/mol. The summed E-state index contributed by atoms with van der Waals surface area (Å²) >= 11 is 0. The highest BCUT2D eigenvalue weighted by atomic mass is 16.5. The second-order valence-corrected chi connectivity index (χ2v) is 6.32. The molecule has 116 valence electrons. The lowest BCUT2D eigenvalue weighted by Gasteiger charge is -2.29. The summed E-state index contributed by atoms with van der Waals surface area (Å²) in [5.41, 5.74) is 1.03. The van der Waals surface area contributed by atoms with Crippen LogP contribution in [0.4, 0.5) is 5.82 Å². The van der Waals surface area contributed by atoms with Gasteiger partial charge in [0.15, 0.2) is 0 Å². The Morgan fingerprint density at radius 3 is 3.00 bits per heavy atom. The van der Waals surface area contributed by atoms with Gasteiger partial charge in [-0.2, -0.15) is 0 Å². The van der Waals surface area contributed by atoms with Gasteiger partial charge in [-0.1, -0.05) is 0 Å². The van der Waals surface area contributed by atoms with Crippen LogP contribution >= 0.6 is 0 Å². The molecule has 0 saturated carbocycles. The van der Waals surface area contributed by atoms with Crippen molar-refractivity contribution in [2.24, 2.45) is 0 Å². The van der Waals surface area contributed by atoms with Gasteiger partial charge in [0.1, 0.15) is 12.1 Å². The van der Waals surface area contributed by atoms with Crippen LogP contribution in [0.1, 0.15) is 31.4 Å². The minimum atomic E-state index is 0.448. The zero-order valence-electron chi connectivity index (χ0n) is 13.2. The summed E-state index contributed by atoms with van der Waals surface area (Å²) in [7, 11) is 2.15. The number of nitrogens with zero attached hydrogens (tertiary/aromatic N) is 4. The van der Waals surface area contributed by atoms with E-state index in [-0.39, 0.29) is 0 Å². The van der Waals surface area contributed by atoms with Gasteiger partial charge in [-0.25, -0.2) is 9.97 Å². The number of aromatic nitrogens is 2. The van der Waals surface area contributed by atoms with Gasteiger partial charge in [-0.05, 0) is 32.6 Å². The molecule has 3 heterocycles. The van der Waals surface area contributed by atoms with Crippen molar-refractivity contribution in [3.63, 3.8) is 0 Å². The first-order chi connectivity index (χ1) is 10.2. The normalized spacial score (nSPS) is 27.0. The van der Waals surface area contributed by atoms with E-state index >= 15 is 0 Å². The fraction of sp³-hybridized carbons (Fsp3) is 0.750. The monoisotopic (exact) mass is 290 g/mol. The average Bonchev–Trinajstić information content (AvgIpc) is 2.96. The fourth-order valence-corrected chi connectivity index (χ4v) is 3.35. The molecule has 1 aromatic rings. The Morgan fingerprint density at radius 1 is 1.33 bits per heavy atom. The average molecular weight is 290 g/mol. The first-order valence-corrected chi connectivity index (χ1v) is 8.08. The molecule has 0 aromatic carbocycles. The van der Waals surface area contributed by atoms with Gasteiger partial charge in [-0.3, -0.25) is 4.90 Å². The van der Waals surface area contributed by atoms with E-state index in [0.29, 0.717) is 12.1 Å². The van der Waals surface area contributed by atoms with Gasteiger partial charge in [-0.15, -0.1) is 0 Å². The van der Waals surface area contributed by atoms with E-state index in [9.17, 15) is 0 Å². The highest BCUT2D eigenvalue weighted by Crippen LogP contribution is 2.22. The molecule has 2 unspecified atom stereocenters. The molecule has 2 saturated heterocycles. The highest BCUT2D eigenvalue weighted by Gasteiger charge is 2.28. The molecular formula is C16H26N4O. The van der Waals surface area contributed by atoms with Crippen LogP contribution in [-0.4, -0.2) is 60.3 Å². The molecular weight excluding hydrogens is 264 g/mol. The lowest BCUT2D eigenvalue weighted by Crippen LogP contribution is -2.38. The number of likely N-dealkylation sites (tertiary alicyclic amines) is 1. The Labute approximate surface area is 127 Å². The van der Waals surface area contributed by atoms with Crippen molar-refractivity contribution in [2.45, 2.75) is 44.8 Å². The van der Waals surface area contributed by atoms with Gasteiger partial charge in [0.05, 0.1) is 6.10 Å². The van der Waals surface area contributed by atoms with Crippen LogP contribution in [0.25, 0.3) is 0 Å². The summed E-state index contributed by atoms with van der Waals surface area (Å²) < 4.78 is 5.86. The minimum Gasteiger partial charge on any atom is -0.377 e. The third kappa shape index (κ3) is 3.71. The first kappa shape index (κ1) is 14.7. The maximum absolute atomic E-state index is 5.86. The van der Waals surface area contributed by atoms with Crippen LogP contribution in [0.3, 0.4) is 0 Å². The van der Waals surface area contributed by atoms with Crippen molar-refractivity contribution >= 4 is 5.82 Å². The molecule has 2 fully saturated rings. The van der Waals surface area contributed by atoms with E-state index in [1.54, 1.807) is 6.33 Å². The number of anilines is 1. The molecule has 5 nitrogen and oxygen atoms in total. The SMILES string of the molecule is Cc1cc(N(C)C2CCN(CC3CCCCO3)C2)ncn1. The molecule has 0 bridgehead atoms. The maximum atomic E-state index is 5.86. The Hall–Kier alpha value is -1.20. The number of rotatable bonds is 4. The van der Waals surface area contributed by atoms with Crippen LogP contribution in [0.15, 0.2) is 12.4 Å². The van der Waals surface area contributed by atoms with E-state index in [1.165, 1.54) is 32.2 Å². The van der Waals surface area contributed by atoms with E-state index in [4.69, 9.17) is 4.74 Å². The molecule has 0 amide bonds. The first-order valence-electron chi connectivity index (χ1n) is 8.08. The molecule has 0 spiro atoms. The number of likely N-dealkylation sites (N-methyl/N-ethyl adjacent to an activating group) is 1. The minimum absolute atomic E-state index is 0.448. The smallest absolute Gasteiger partial charge is 0.132 e. The summed E-state index contributed by atoms with van der Waals surface area (Å²) in [5.74, 6) is 1.03. The molecule has 3 rings (SSSR count). The molecule has 2 atom stereocenters. The summed E-state index contributed by atoms with van der Waals surface area (Å²) in [5, 5.41) is 0. The van der Waals surface area contributed by atoms with E-state index in [1.807, 2.05) is 6.92 Å². The maximum Gasteiger partial charge on any atom is 0.132 e. The van der Waals surface area contributed by atoms with Crippen molar-refractivity contribution in [3.8, 4) is 0 Å². The molecule has 0 N–H and O–H groups in total. The zero-order chi connectivity index (χ0) is 14.7. The fourth-order valence-electron chi connectivity index (χ4n) is 3.35. The molecule has 2 aliphatic rings. The van der Waals surface area contributed by atoms with Crippen LogP contribution in [0.2, 0.25) is 0 Å². The zero-order valence-corrected chi connectivity index (χ0v) is 13.2. The molecule has 0 aliphatic carbocycles. The summed E-state index contributed by atoms with van der Waals surface area (Å²) in [4.78, 5) is 13.4. The molecule has 1 aromatic heterocycles. The van der Waals surface area contributed by atoms with Crippen LogP contribution in [0, 0.1) is 6.92 Å². The van der Waals surface area contributed by atoms with Crippen LogP contribution in [-0.2, 0) is 4.74 Å². The molecule has 0 radical (unpaired) electrons. The standard InChI is InChI=1S/C16H26N4O/c1-13-9-16(18-12-17-13)19(2)14-6-7-20(10-14)11-15-5-3-4-8-21-15/h9,12,14-15H,3-8,10-11H2,1-2H3. The topological polar surface area (TPSA) is 41.5 Å². The Bertz CT molecular complexity index is 461. The lowest BCUT2D eigenvalue weighted by molar-refractivity contribution is -0.00200. The number of hydrogen-bond donors (Lipinski definition) is 0. The van der Waals surface area contributed by atoms with Gasteiger partial charge >= 0.3 is 0 Å². The summed E-state index contributed by atoms with van der Waals surface area (Å²) in [6, 6.07) is 2.61. The second kappa shape index (κ2) is 6.71. The van der Waals surface area contributed by atoms with Crippen molar-refractivity contribution in [1.29, 1.82) is 0 Å². The van der Waals surface area contributed by atoms with Crippen LogP contribution < -0.4 is 4.90 Å². The largest absolute Gasteiger partial charge is 0.377 e. The Morgan fingerprint density at radius 2 is 2.24 bits per heavy atom. The van der Waals surface area contributed by atoms with Crippen molar-refractivity contribution in [2.75, 3.05) is 38.2 Å². The van der Waals surface area contributed by atoms with E-state index < -0.39 is 0 Å².